The molecule has 178 valence electrons. The van der Waals surface area contributed by atoms with E-state index in [1.807, 2.05) is 32.0 Å². The number of carbonyl (C=O) groups excluding carboxylic acids is 3. The third-order valence-corrected chi connectivity index (χ3v) is 4.93. The number of nitrogens with zero attached hydrogens (tertiary/aromatic N) is 1. The zero-order chi connectivity index (χ0) is 24.3. The summed E-state index contributed by atoms with van der Waals surface area (Å²) in [7, 11) is 0. The lowest BCUT2D eigenvalue weighted by molar-refractivity contribution is -0.141. The van der Waals surface area contributed by atoms with Crippen LogP contribution in [0.1, 0.15) is 59.1 Å². The molecule has 0 saturated carbocycles. The average molecular weight is 464 g/mol. The van der Waals surface area contributed by atoms with Crippen molar-refractivity contribution < 1.29 is 19.1 Å². The first-order valence-corrected chi connectivity index (χ1v) is 11.5. The molecular weight excluding hydrogens is 426 g/mol. The Hall–Kier alpha value is -2.48. The van der Waals surface area contributed by atoms with Crippen molar-refractivity contribution in [2.75, 3.05) is 12.3 Å². The highest BCUT2D eigenvalue weighted by molar-refractivity contribution is 7.80. The maximum Gasteiger partial charge on any atom is 0.408 e. The van der Waals surface area contributed by atoms with Crippen LogP contribution in [0.2, 0.25) is 0 Å². The predicted octanol–water partition coefficient (Wildman–Crippen LogP) is 3.87. The van der Waals surface area contributed by atoms with Crippen LogP contribution in [0.15, 0.2) is 43.0 Å². The maximum absolute atomic E-state index is 13.5. The predicted molar refractivity (Wildman–Crippen MR) is 131 cm³/mol. The van der Waals surface area contributed by atoms with E-state index in [1.165, 1.54) is 4.90 Å². The van der Waals surface area contributed by atoms with Crippen molar-refractivity contribution in [2.45, 2.75) is 71.2 Å². The van der Waals surface area contributed by atoms with Crippen molar-refractivity contribution in [3.63, 3.8) is 0 Å². The van der Waals surface area contributed by atoms with Gasteiger partial charge in [-0.15, -0.1) is 6.58 Å². The minimum Gasteiger partial charge on any atom is -0.444 e. The molecule has 1 rings (SSSR count). The van der Waals surface area contributed by atoms with Crippen LogP contribution in [-0.2, 0) is 14.3 Å². The Morgan fingerprint density at radius 1 is 1.19 bits per heavy atom. The number of alkyl carbamates (subject to hydrolysis) is 1. The average Bonchev–Trinajstić information content (AvgIpc) is 2.70. The van der Waals surface area contributed by atoms with Crippen LogP contribution in [0, 0.1) is 0 Å². The summed E-state index contributed by atoms with van der Waals surface area (Å²) in [5.41, 5.74) is -0.0455. The van der Waals surface area contributed by atoms with Gasteiger partial charge in [-0.05, 0) is 39.7 Å². The van der Waals surface area contributed by atoms with Crippen molar-refractivity contribution in [1.29, 1.82) is 0 Å². The third-order valence-electron chi connectivity index (χ3n) is 4.57. The highest BCUT2D eigenvalue weighted by atomic mass is 32.1. The molecule has 0 fully saturated rings. The number of hydrogen-bond acceptors (Lipinski definition) is 5. The van der Waals surface area contributed by atoms with Crippen LogP contribution in [0.3, 0.4) is 0 Å². The molecular formula is C24H37N3O4S. The molecule has 7 nitrogen and oxygen atoms in total. The molecule has 3 amide bonds. The molecule has 8 heteroatoms. The van der Waals surface area contributed by atoms with E-state index >= 15 is 0 Å². The van der Waals surface area contributed by atoms with Crippen LogP contribution >= 0.6 is 12.6 Å². The zero-order valence-electron chi connectivity index (χ0n) is 19.8. The highest BCUT2D eigenvalue weighted by Crippen LogP contribution is 2.23. The van der Waals surface area contributed by atoms with E-state index in [1.54, 1.807) is 39.0 Å². The quantitative estimate of drug-likeness (QED) is 0.343. The van der Waals surface area contributed by atoms with Crippen LogP contribution in [0.4, 0.5) is 4.79 Å². The number of nitrogens with one attached hydrogen (secondary N) is 2. The van der Waals surface area contributed by atoms with Gasteiger partial charge in [0.25, 0.3) is 0 Å². The second kappa shape index (κ2) is 13.2. The first kappa shape index (κ1) is 27.6. The summed E-state index contributed by atoms with van der Waals surface area (Å²) in [6, 6.07) is 7.18. The molecule has 0 aliphatic heterocycles. The Balaban J connectivity index is 3.25. The first-order chi connectivity index (χ1) is 15.0. The smallest absolute Gasteiger partial charge is 0.408 e. The Morgan fingerprint density at radius 3 is 2.31 bits per heavy atom. The van der Waals surface area contributed by atoms with E-state index in [2.05, 4.69) is 29.8 Å². The topological polar surface area (TPSA) is 87.7 Å². The van der Waals surface area contributed by atoms with E-state index in [-0.39, 0.29) is 24.2 Å². The standard InChI is InChI=1S/C24H37N3O4S/c1-7-12-17(3)25-21(28)20(18-13-10-9-11-14-18)27(15-8-2)22(29)19(16-32)26-23(30)31-24(4,5)6/h8-11,13-14,17,19-20,32H,2,7,12,15-16H2,1,3-6H3,(H,25,28)(H,26,30). The number of hydrogen-bond donors (Lipinski definition) is 3. The van der Waals surface area contributed by atoms with Gasteiger partial charge in [0, 0.05) is 18.3 Å². The van der Waals surface area contributed by atoms with Gasteiger partial charge in [-0.3, -0.25) is 9.59 Å². The number of ether oxygens (including phenoxy) is 1. The van der Waals surface area contributed by atoms with Crippen LogP contribution in [0.5, 0.6) is 0 Å². The molecule has 0 aliphatic rings. The fourth-order valence-electron chi connectivity index (χ4n) is 3.23. The fraction of sp³-hybridized carbons (Fsp3) is 0.542. The van der Waals surface area contributed by atoms with Crippen molar-refractivity contribution in [3.8, 4) is 0 Å². The molecule has 3 unspecified atom stereocenters. The van der Waals surface area contributed by atoms with E-state index in [9.17, 15) is 14.4 Å². The number of amides is 3. The molecule has 0 bridgehead atoms. The van der Waals surface area contributed by atoms with Crippen LogP contribution < -0.4 is 10.6 Å². The van der Waals surface area contributed by atoms with E-state index in [4.69, 9.17) is 4.74 Å². The van der Waals surface area contributed by atoms with Gasteiger partial charge < -0.3 is 20.3 Å². The van der Waals surface area contributed by atoms with Gasteiger partial charge in [0.05, 0.1) is 0 Å². The first-order valence-electron chi connectivity index (χ1n) is 10.9. The fourth-order valence-corrected chi connectivity index (χ4v) is 3.48. The molecule has 0 heterocycles. The van der Waals surface area contributed by atoms with Gasteiger partial charge in [0.1, 0.15) is 17.7 Å². The second-order valence-corrected chi connectivity index (χ2v) is 9.04. The highest BCUT2D eigenvalue weighted by Gasteiger charge is 2.35. The Bertz CT molecular complexity index is 764. The largest absolute Gasteiger partial charge is 0.444 e. The molecule has 1 aromatic carbocycles. The molecule has 0 saturated heterocycles. The number of rotatable bonds is 11. The molecule has 0 aromatic heterocycles. The summed E-state index contributed by atoms with van der Waals surface area (Å²) < 4.78 is 5.28. The van der Waals surface area contributed by atoms with E-state index < -0.39 is 29.7 Å². The van der Waals surface area contributed by atoms with E-state index in [0.717, 1.165) is 12.8 Å². The number of thiol groups is 1. The molecule has 0 aliphatic carbocycles. The normalized spacial score (nSPS) is 13.9. The third kappa shape index (κ3) is 8.94. The van der Waals surface area contributed by atoms with Gasteiger partial charge in [-0.2, -0.15) is 12.6 Å². The summed E-state index contributed by atoms with van der Waals surface area (Å²) >= 11 is 4.25. The zero-order valence-corrected chi connectivity index (χ0v) is 20.7. The van der Waals surface area contributed by atoms with Gasteiger partial charge in [-0.1, -0.05) is 49.8 Å². The number of carbonyl (C=O) groups is 3. The van der Waals surface area contributed by atoms with Crippen molar-refractivity contribution in [2.24, 2.45) is 0 Å². The lowest BCUT2D eigenvalue weighted by Crippen LogP contribution is -2.54. The molecule has 2 N–H and O–H groups in total. The summed E-state index contributed by atoms with van der Waals surface area (Å²) in [6.45, 7) is 13.1. The van der Waals surface area contributed by atoms with Crippen molar-refractivity contribution in [3.05, 3.63) is 48.6 Å². The molecule has 0 radical (unpaired) electrons. The second-order valence-electron chi connectivity index (χ2n) is 8.67. The minimum atomic E-state index is -0.972. The summed E-state index contributed by atoms with van der Waals surface area (Å²) in [5, 5.41) is 5.58. The van der Waals surface area contributed by atoms with Crippen molar-refractivity contribution >= 4 is 30.5 Å². The molecule has 3 atom stereocenters. The van der Waals surface area contributed by atoms with Crippen LogP contribution in [-0.4, -0.2) is 52.8 Å². The Morgan fingerprint density at radius 2 is 1.81 bits per heavy atom. The van der Waals surface area contributed by atoms with Gasteiger partial charge in [0.2, 0.25) is 11.8 Å². The maximum atomic E-state index is 13.5. The summed E-state index contributed by atoms with van der Waals surface area (Å²) in [4.78, 5) is 40.5. The Kier molecular flexibility index (Phi) is 11.3. The minimum absolute atomic E-state index is 0.0417. The lowest BCUT2D eigenvalue weighted by Gasteiger charge is -2.34. The monoisotopic (exact) mass is 463 g/mol. The summed E-state index contributed by atoms with van der Waals surface area (Å²) in [5.74, 6) is -0.693. The van der Waals surface area contributed by atoms with Gasteiger partial charge >= 0.3 is 6.09 Å². The van der Waals surface area contributed by atoms with Crippen LogP contribution in [0.25, 0.3) is 0 Å². The van der Waals surface area contributed by atoms with Gasteiger partial charge in [-0.25, -0.2) is 4.79 Å². The molecule has 32 heavy (non-hydrogen) atoms. The molecule has 1 aromatic rings. The van der Waals surface area contributed by atoms with Gasteiger partial charge in [0.15, 0.2) is 0 Å². The lowest BCUT2D eigenvalue weighted by atomic mass is 10.0. The Labute approximate surface area is 197 Å². The van der Waals surface area contributed by atoms with Crippen molar-refractivity contribution in [1.82, 2.24) is 15.5 Å². The van der Waals surface area contributed by atoms with E-state index in [0.29, 0.717) is 5.56 Å². The summed E-state index contributed by atoms with van der Waals surface area (Å²) in [6.07, 6.45) is 2.58. The molecule has 0 spiro atoms. The SMILES string of the molecule is C=CCN(C(=O)C(CS)NC(=O)OC(C)(C)C)C(C(=O)NC(C)CCC)c1ccccc1. The number of benzene rings is 1.